The van der Waals surface area contributed by atoms with E-state index in [1.807, 2.05) is 6.07 Å². The summed E-state index contributed by atoms with van der Waals surface area (Å²) in [6.07, 6.45) is 2.09. The predicted molar refractivity (Wildman–Crippen MR) is 119 cm³/mol. The molecule has 1 atom stereocenters. The molecule has 0 aromatic heterocycles. The average Bonchev–Trinajstić information content (AvgIpc) is 2.63. The van der Waals surface area contributed by atoms with Crippen LogP contribution in [0.3, 0.4) is 0 Å². The molecule has 1 aliphatic heterocycles. The maximum absolute atomic E-state index is 13.7. The van der Waals surface area contributed by atoms with Gasteiger partial charge in [0.25, 0.3) is 0 Å². The molecule has 2 rings (SSSR count). The Balaban J connectivity index is 0.00000338. The third kappa shape index (κ3) is 7.98. The second kappa shape index (κ2) is 13.6. The first-order valence-corrected chi connectivity index (χ1v) is 10.2. The van der Waals surface area contributed by atoms with Crippen LogP contribution in [0.4, 0.5) is 4.39 Å². The van der Waals surface area contributed by atoms with Crippen molar-refractivity contribution < 1.29 is 9.13 Å². The fraction of sp³-hybridized carbons (Fsp3) is 0.611. The predicted octanol–water partition coefficient (Wildman–Crippen LogP) is 2.74. The van der Waals surface area contributed by atoms with Gasteiger partial charge in [-0.3, -0.25) is 9.89 Å². The van der Waals surface area contributed by atoms with Gasteiger partial charge in [-0.25, -0.2) is 4.39 Å². The molecule has 0 spiro atoms. The van der Waals surface area contributed by atoms with E-state index in [0.717, 1.165) is 43.5 Å². The number of aliphatic imine (C=N–C) groups is 1. The number of nitrogens with zero attached hydrogens (tertiary/aromatic N) is 2. The van der Waals surface area contributed by atoms with E-state index < -0.39 is 0 Å². The van der Waals surface area contributed by atoms with Crippen molar-refractivity contribution in [3.8, 4) is 0 Å². The Morgan fingerprint density at radius 3 is 2.77 bits per heavy atom. The second-order valence-corrected chi connectivity index (χ2v) is 6.84. The quantitative estimate of drug-likeness (QED) is 0.251. The molecule has 1 aromatic rings. The Bertz CT molecular complexity index is 544. The molecule has 1 aliphatic rings. The van der Waals surface area contributed by atoms with Gasteiger partial charge in [0, 0.05) is 31.9 Å². The minimum absolute atomic E-state index is 0. The number of morpholine rings is 1. The zero-order valence-corrected chi connectivity index (χ0v) is 18.7. The molecular formula is C18H30FIN4OS. The normalized spacial score (nSPS) is 16.7. The molecule has 5 nitrogen and oxygen atoms in total. The summed E-state index contributed by atoms with van der Waals surface area (Å²) < 4.78 is 19.2. The van der Waals surface area contributed by atoms with Crippen molar-refractivity contribution in [3.63, 3.8) is 0 Å². The van der Waals surface area contributed by atoms with Gasteiger partial charge in [0.2, 0.25) is 0 Å². The van der Waals surface area contributed by atoms with Crippen LogP contribution in [0.2, 0.25) is 0 Å². The highest BCUT2D eigenvalue weighted by atomic mass is 127. The fourth-order valence-electron chi connectivity index (χ4n) is 2.83. The SMILES string of the molecule is CCNC(=NCC(c1cccc(F)c1)N1CCOCC1)NCCSC.I. The summed E-state index contributed by atoms with van der Waals surface area (Å²) in [6, 6.07) is 6.90. The van der Waals surface area contributed by atoms with Gasteiger partial charge in [-0.1, -0.05) is 12.1 Å². The van der Waals surface area contributed by atoms with Crippen LogP contribution in [-0.4, -0.2) is 68.8 Å². The highest BCUT2D eigenvalue weighted by molar-refractivity contribution is 14.0. The summed E-state index contributed by atoms with van der Waals surface area (Å²) in [5, 5.41) is 6.62. The number of hydrogen-bond acceptors (Lipinski definition) is 4. The van der Waals surface area contributed by atoms with Gasteiger partial charge in [-0.15, -0.1) is 24.0 Å². The first kappa shape index (κ1) is 23.5. The van der Waals surface area contributed by atoms with Crippen LogP contribution >= 0.6 is 35.7 Å². The summed E-state index contributed by atoms with van der Waals surface area (Å²) in [7, 11) is 0. The molecule has 148 valence electrons. The van der Waals surface area contributed by atoms with Crippen molar-refractivity contribution >= 4 is 41.7 Å². The van der Waals surface area contributed by atoms with Crippen molar-refractivity contribution in [2.45, 2.75) is 13.0 Å². The Morgan fingerprint density at radius 1 is 1.35 bits per heavy atom. The van der Waals surface area contributed by atoms with Crippen LogP contribution in [-0.2, 0) is 4.74 Å². The van der Waals surface area contributed by atoms with Gasteiger partial charge >= 0.3 is 0 Å². The lowest BCUT2D eigenvalue weighted by Gasteiger charge is -2.34. The molecule has 1 saturated heterocycles. The van der Waals surface area contributed by atoms with Crippen LogP contribution < -0.4 is 10.6 Å². The lowest BCUT2D eigenvalue weighted by atomic mass is 10.0. The summed E-state index contributed by atoms with van der Waals surface area (Å²) in [5.74, 6) is 1.64. The summed E-state index contributed by atoms with van der Waals surface area (Å²) >= 11 is 1.80. The van der Waals surface area contributed by atoms with E-state index >= 15 is 0 Å². The number of nitrogens with one attached hydrogen (secondary N) is 2. The molecule has 0 aliphatic carbocycles. The third-order valence-electron chi connectivity index (χ3n) is 4.09. The maximum atomic E-state index is 13.7. The van der Waals surface area contributed by atoms with Crippen LogP contribution in [0, 0.1) is 5.82 Å². The van der Waals surface area contributed by atoms with E-state index in [0.29, 0.717) is 19.8 Å². The van der Waals surface area contributed by atoms with E-state index in [2.05, 4.69) is 28.7 Å². The second-order valence-electron chi connectivity index (χ2n) is 5.86. The molecule has 0 bridgehead atoms. The van der Waals surface area contributed by atoms with E-state index in [9.17, 15) is 4.39 Å². The van der Waals surface area contributed by atoms with E-state index in [1.54, 1.807) is 23.9 Å². The Labute approximate surface area is 177 Å². The van der Waals surface area contributed by atoms with E-state index in [4.69, 9.17) is 9.73 Å². The zero-order chi connectivity index (χ0) is 17.9. The maximum Gasteiger partial charge on any atom is 0.191 e. The van der Waals surface area contributed by atoms with Gasteiger partial charge in [-0.05, 0) is 30.9 Å². The summed E-state index contributed by atoms with van der Waals surface area (Å²) in [6.45, 7) is 7.42. The van der Waals surface area contributed by atoms with E-state index in [1.165, 1.54) is 6.07 Å². The molecule has 1 aromatic carbocycles. The average molecular weight is 496 g/mol. The van der Waals surface area contributed by atoms with Crippen LogP contribution in [0.1, 0.15) is 18.5 Å². The number of hydrogen-bond donors (Lipinski definition) is 2. The molecule has 26 heavy (non-hydrogen) atoms. The van der Waals surface area contributed by atoms with Gasteiger partial charge in [0.05, 0.1) is 25.8 Å². The van der Waals surface area contributed by atoms with Crippen molar-refractivity contribution in [3.05, 3.63) is 35.6 Å². The largest absolute Gasteiger partial charge is 0.379 e. The molecule has 0 amide bonds. The number of benzene rings is 1. The van der Waals surface area contributed by atoms with Gasteiger partial charge in [0.15, 0.2) is 5.96 Å². The zero-order valence-electron chi connectivity index (χ0n) is 15.5. The van der Waals surface area contributed by atoms with Gasteiger partial charge < -0.3 is 15.4 Å². The van der Waals surface area contributed by atoms with Crippen molar-refractivity contribution in [2.24, 2.45) is 4.99 Å². The van der Waals surface area contributed by atoms with Crippen molar-refractivity contribution in [1.29, 1.82) is 0 Å². The highest BCUT2D eigenvalue weighted by Gasteiger charge is 2.23. The van der Waals surface area contributed by atoms with Crippen LogP contribution in [0.25, 0.3) is 0 Å². The van der Waals surface area contributed by atoms with Crippen LogP contribution in [0.15, 0.2) is 29.3 Å². The van der Waals surface area contributed by atoms with Crippen LogP contribution in [0.5, 0.6) is 0 Å². The molecule has 1 heterocycles. The van der Waals surface area contributed by atoms with Gasteiger partial charge in [-0.2, -0.15) is 11.8 Å². The minimum atomic E-state index is -0.204. The minimum Gasteiger partial charge on any atom is -0.379 e. The Kier molecular flexibility index (Phi) is 12.2. The first-order valence-electron chi connectivity index (χ1n) is 8.83. The Morgan fingerprint density at radius 2 is 2.12 bits per heavy atom. The molecule has 0 radical (unpaired) electrons. The summed E-state index contributed by atoms with van der Waals surface area (Å²) in [5.41, 5.74) is 0.964. The van der Waals surface area contributed by atoms with Crippen molar-refractivity contribution in [2.75, 3.05) is 57.9 Å². The molecule has 1 fully saturated rings. The highest BCUT2D eigenvalue weighted by Crippen LogP contribution is 2.23. The molecule has 8 heteroatoms. The first-order chi connectivity index (χ1) is 12.2. The molecular weight excluding hydrogens is 466 g/mol. The van der Waals surface area contributed by atoms with Gasteiger partial charge in [0.1, 0.15) is 5.82 Å². The standard InChI is InChI=1S/C18H29FN4OS.HI/c1-3-20-18(21-7-12-25-2)22-14-17(23-8-10-24-11-9-23)15-5-4-6-16(19)13-15;/h4-6,13,17H,3,7-12,14H2,1-2H3,(H2,20,21,22);1H. The third-order valence-corrected chi connectivity index (χ3v) is 4.70. The summed E-state index contributed by atoms with van der Waals surface area (Å²) in [4.78, 5) is 7.07. The lowest BCUT2D eigenvalue weighted by molar-refractivity contribution is 0.0179. The number of guanidine groups is 1. The molecule has 1 unspecified atom stereocenters. The number of thioether (sulfide) groups is 1. The molecule has 0 saturated carbocycles. The topological polar surface area (TPSA) is 48.9 Å². The number of halogens is 2. The fourth-order valence-corrected chi connectivity index (χ4v) is 3.13. The van der Waals surface area contributed by atoms with E-state index in [-0.39, 0.29) is 35.8 Å². The number of rotatable bonds is 8. The lowest BCUT2D eigenvalue weighted by Crippen LogP contribution is -2.42. The number of ether oxygens (including phenoxy) is 1. The monoisotopic (exact) mass is 496 g/mol. The van der Waals surface area contributed by atoms with Crippen molar-refractivity contribution in [1.82, 2.24) is 15.5 Å². The Hall–Kier alpha value is -0.580. The molecule has 2 N–H and O–H groups in total. The smallest absolute Gasteiger partial charge is 0.191 e.